The minimum atomic E-state index is -0.720. The maximum Gasteiger partial charge on any atom is 0.303 e. The molecule has 2 N–H and O–H groups in total. The van der Waals surface area contributed by atoms with E-state index in [1.54, 1.807) is 0 Å². The van der Waals surface area contributed by atoms with Crippen LogP contribution >= 0.6 is 0 Å². The Balaban J connectivity index is 1.62. The maximum absolute atomic E-state index is 11.3. The molecule has 0 saturated heterocycles. The van der Waals surface area contributed by atoms with Crippen LogP contribution in [0, 0.1) is 34.5 Å². The van der Waals surface area contributed by atoms with E-state index in [0.29, 0.717) is 24.2 Å². The molecule has 3 aliphatic carbocycles. The van der Waals surface area contributed by atoms with E-state index in [-0.39, 0.29) is 29.8 Å². The van der Waals surface area contributed by atoms with E-state index in [0.717, 1.165) is 32.1 Å². The number of carbonyl (C=O) groups is 1. The number of rotatable bonds is 5. The summed E-state index contributed by atoms with van der Waals surface area (Å²) in [5, 5.41) is 19.3. The molecule has 0 bridgehead atoms. The molecule has 4 rings (SSSR count). The molecular formula is C24H33NO3. The van der Waals surface area contributed by atoms with Gasteiger partial charge in [0.1, 0.15) is 0 Å². The Kier molecular flexibility index (Phi) is 5.11. The van der Waals surface area contributed by atoms with Gasteiger partial charge in [0.15, 0.2) is 0 Å². The highest BCUT2D eigenvalue weighted by Crippen LogP contribution is 2.66. The lowest BCUT2D eigenvalue weighted by molar-refractivity contribution is -0.140. The third-order valence-electron chi connectivity index (χ3n) is 8.72. The van der Waals surface area contributed by atoms with Crippen LogP contribution in [0.3, 0.4) is 0 Å². The van der Waals surface area contributed by atoms with E-state index in [9.17, 15) is 15.0 Å². The molecule has 1 aromatic rings. The van der Waals surface area contributed by atoms with Crippen LogP contribution < -0.4 is 0 Å². The Bertz CT molecular complexity index is 760. The second kappa shape index (κ2) is 7.29. The van der Waals surface area contributed by atoms with Gasteiger partial charge < -0.3 is 10.2 Å². The van der Waals surface area contributed by atoms with Crippen molar-refractivity contribution in [2.24, 2.45) is 34.5 Å². The first-order valence-corrected chi connectivity index (χ1v) is 10.8. The Morgan fingerprint density at radius 2 is 2.07 bits per heavy atom. The van der Waals surface area contributed by atoms with Crippen molar-refractivity contribution in [2.75, 3.05) is 6.61 Å². The molecule has 3 aliphatic rings. The molecule has 4 heteroatoms. The highest BCUT2D eigenvalue weighted by molar-refractivity contribution is 5.72. The summed E-state index contributed by atoms with van der Waals surface area (Å²) in [4.78, 5) is 15.6. The number of aromatic nitrogens is 1. The quantitative estimate of drug-likeness (QED) is 0.767. The molecule has 2 fully saturated rings. The van der Waals surface area contributed by atoms with Crippen LogP contribution in [-0.4, -0.2) is 27.8 Å². The smallest absolute Gasteiger partial charge is 0.303 e. The first kappa shape index (κ1) is 19.6. The van der Waals surface area contributed by atoms with Crippen molar-refractivity contribution >= 4 is 11.5 Å². The van der Waals surface area contributed by atoms with Crippen molar-refractivity contribution in [1.29, 1.82) is 0 Å². The summed E-state index contributed by atoms with van der Waals surface area (Å²) in [6, 6.07) is 4.20. The first-order valence-electron chi connectivity index (χ1n) is 10.8. The van der Waals surface area contributed by atoms with Gasteiger partial charge in [-0.25, -0.2) is 0 Å². The molecule has 6 atom stereocenters. The summed E-state index contributed by atoms with van der Waals surface area (Å²) < 4.78 is 0. The fraction of sp³-hybridized carbons (Fsp3) is 0.667. The van der Waals surface area contributed by atoms with Crippen LogP contribution in [0.4, 0.5) is 0 Å². The largest absolute Gasteiger partial charge is 0.481 e. The standard InChI is InChI=1S/C24H33NO3/c1-23(12-10-22(27)28)17(15-26)5-6-18-20-8-7-19(16-4-3-13-25-14-16)24(20,2)11-9-21(18)23/h3-4,7,13-14,17-18,20-21,26H,5-6,8-12,15H2,1-2H3,(H,27,28)/t17-,18-,20-,21-,23-,24+/m0/s1. The second-order valence-corrected chi connectivity index (χ2v) is 9.78. The lowest BCUT2D eigenvalue weighted by atomic mass is 9.46. The zero-order chi connectivity index (χ0) is 19.9. The normalized spacial score (nSPS) is 39.8. The number of allylic oxidation sites excluding steroid dienone is 2. The first-order chi connectivity index (χ1) is 13.4. The fourth-order valence-electron chi connectivity index (χ4n) is 7.14. The van der Waals surface area contributed by atoms with Gasteiger partial charge in [0.2, 0.25) is 0 Å². The molecule has 0 unspecified atom stereocenters. The Morgan fingerprint density at radius 1 is 1.25 bits per heavy atom. The van der Waals surface area contributed by atoms with Crippen molar-refractivity contribution in [3.05, 3.63) is 36.2 Å². The third-order valence-corrected chi connectivity index (χ3v) is 8.72. The molecule has 28 heavy (non-hydrogen) atoms. The topological polar surface area (TPSA) is 70.4 Å². The minimum absolute atomic E-state index is 0.0750. The fourth-order valence-corrected chi connectivity index (χ4v) is 7.14. The zero-order valence-electron chi connectivity index (χ0n) is 17.1. The lowest BCUT2D eigenvalue weighted by Gasteiger charge is -2.58. The average molecular weight is 384 g/mol. The molecule has 0 aromatic carbocycles. The van der Waals surface area contributed by atoms with Crippen LogP contribution in [0.15, 0.2) is 30.6 Å². The maximum atomic E-state index is 11.3. The van der Waals surface area contributed by atoms with E-state index in [4.69, 9.17) is 0 Å². The number of hydrogen-bond acceptors (Lipinski definition) is 3. The van der Waals surface area contributed by atoms with Crippen LogP contribution in [-0.2, 0) is 4.79 Å². The molecule has 0 spiro atoms. The van der Waals surface area contributed by atoms with Crippen LogP contribution in [0.1, 0.15) is 64.4 Å². The number of pyridine rings is 1. The molecule has 152 valence electrons. The summed E-state index contributed by atoms with van der Waals surface area (Å²) >= 11 is 0. The molecule has 0 aliphatic heterocycles. The van der Waals surface area contributed by atoms with E-state index in [2.05, 4.69) is 31.0 Å². The van der Waals surface area contributed by atoms with Gasteiger partial charge in [-0.2, -0.15) is 0 Å². The van der Waals surface area contributed by atoms with E-state index >= 15 is 0 Å². The van der Waals surface area contributed by atoms with Gasteiger partial charge in [-0.1, -0.05) is 26.0 Å². The molecule has 2 saturated carbocycles. The number of fused-ring (bicyclic) bond motifs is 3. The van der Waals surface area contributed by atoms with E-state index in [1.165, 1.54) is 11.1 Å². The van der Waals surface area contributed by atoms with Gasteiger partial charge in [-0.3, -0.25) is 9.78 Å². The third kappa shape index (κ3) is 3.01. The Morgan fingerprint density at radius 3 is 2.75 bits per heavy atom. The van der Waals surface area contributed by atoms with Gasteiger partial charge in [0, 0.05) is 25.4 Å². The average Bonchev–Trinajstić information content (AvgIpc) is 3.05. The molecular weight excluding hydrogens is 350 g/mol. The minimum Gasteiger partial charge on any atom is -0.481 e. The predicted molar refractivity (Wildman–Crippen MR) is 109 cm³/mol. The summed E-state index contributed by atoms with van der Waals surface area (Å²) in [7, 11) is 0. The number of carboxylic acids is 1. The predicted octanol–water partition coefficient (Wildman–Crippen LogP) is 4.79. The van der Waals surface area contributed by atoms with Crippen molar-refractivity contribution in [2.45, 2.75) is 58.8 Å². The molecule has 0 radical (unpaired) electrons. The number of aliphatic hydroxyl groups excluding tert-OH is 1. The molecule has 4 nitrogen and oxygen atoms in total. The summed E-state index contributed by atoms with van der Waals surface area (Å²) in [5.74, 6) is 1.25. The Hall–Kier alpha value is -1.68. The monoisotopic (exact) mass is 383 g/mol. The summed E-state index contributed by atoms with van der Waals surface area (Å²) in [5.41, 5.74) is 2.82. The number of nitrogens with zero attached hydrogens (tertiary/aromatic N) is 1. The van der Waals surface area contributed by atoms with Gasteiger partial charge in [-0.05, 0) is 90.2 Å². The van der Waals surface area contributed by atoms with Gasteiger partial charge in [-0.15, -0.1) is 0 Å². The van der Waals surface area contributed by atoms with Gasteiger partial charge in [0.05, 0.1) is 0 Å². The summed E-state index contributed by atoms with van der Waals surface area (Å²) in [6.07, 6.45) is 12.7. The number of carboxylic acid groups (broad SMARTS) is 1. The van der Waals surface area contributed by atoms with Crippen LogP contribution in [0.25, 0.3) is 5.57 Å². The highest BCUT2D eigenvalue weighted by Gasteiger charge is 2.57. The van der Waals surface area contributed by atoms with Crippen molar-refractivity contribution in [3.8, 4) is 0 Å². The van der Waals surface area contributed by atoms with Gasteiger partial charge >= 0.3 is 5.97 Å². The van der Waals surface area contributed by atoms with Crippen molar-refractivity contribution < 1.29 is 15.0 Å². The SMILES string of the molecule is C[C@]1(CCC(=O)O)[C@H](CO)CC[C@@H]2[C@@H]1CC[C@]1(C)C(c3cccnc3)=CC[C@@H]21. The lowest BCUT2D eigenvalue weighted by Crippen LogP contribution is -2.52. The van der Waals surface area contributed by atoms with Crippen LogP contribution in [0.5, 0.6) is 0 Å². The number of hydrogen-bond donors (Lipinski definition) is 2. The van der Waals surface area contributed by atoms with Gasteiger partial charge in [0.25, 0.3) is 0 Å². The Labute approximate surface area is 168 Å². The highest BCUT2D eigenvalue weighted by atomic mass is 16.4. The van der Waals surface area contributed by atoms with Crippen molar-refractivity contribution in [1.82, 2.24) is 4.98 Å². The number of aliphatic carboxylic acids is 1. The van der Waals surface area contributed by atoms with E-state index < -0.39 is 5.97 Å². The van der Waals surface area contributed by atoms with Crippen LogP contribution in [0.2, 0.25) is 0 Å². The molecule has 1 aromatic heterocycles. The van der Waals surface area contributed by atoms with Crippen molar-refractivity contribution in [3.63, 3.8) is 0 Å². The zero-order valence-corrected chi connectivity index (χ0v) is 17.1. The number of aliphatic hydroxyl groups is 1. The van der Waals surface area contributed by atoms with E-state index in [1.807, 2.05) is 18.5 Å². The molecule has 0 amide bonds. The second-order valence-electron chi connectivity index (χ2n) is 9.78. The summed E-state index contributed by atoms with van der Waals surface area (Å²) in [6.45, 7) is 4.88. The molecule has 1 heterocycles.